The van der Waals surface area contributed by atoms with E-state index in [0.717, 1.165) is 12.8 Å². The van der Waals surface area contributed by atoms with Gasteiger partial charge >= 0.3 is 0 Å². The zero-order valence-electron chi connectivity index (χ0n) is 8.19. The van der Waals surface area contributed by atoms with Gasteiger partial charge in [0.05, 0.1) is 0 Å². The van der Waals surface area contributed by atoms with Gasteiger partial charge in [0.25, 0.3) is 0 Å². The summed E-state index contributed by atoms with van der Waals surface area (Å²) in [6.07, 6.45) is 5.46. The van der Waals surface area contributed by atoms with Gasteiger partial charge in [0, 0.05) is 0 Å². The third-order valence-electron chi connectivity index (χ3n) is 1.97. The third kappa shape index (κ3) is 4.54. The lowest BCUT2D eigenvalue weighted by Crippen LogP contribution is -2.23. The Bertz CT molecular complexity index is 149. The highest BCUT2D eigenvalue weighted by Gasteiger charge is 2.48. The highest BCUT2D eigenvalue weighted by Crippen LogP contribution is 2.27. The Morgan fingerprint density at radius 1 is 1.31 bits per heavy atom. The molecule has 1 heterocycles. The SMILES string of the molecule is CCCCCCC(C)O[N+]1([O-])OO1. The molecule has 1 aliphatic heterocycles. The van der Waals surface area contributed by atoms with E-state index in [1.54, 1.807) is 0 Å². The molecule has 0 aromatic heterocycles. The Morgan fingerprint density at radius 3 is 2.54 bits per heavy atom. The fraction of sp³-hybridized carbons (Fsp3) is 1.00. The predicted octanol–water partition coefficient (Wildman–Crippen LogP) is 2.38. The Labute approximate surface area is 78.1 Å². The molecule has 0 saturated carbocycles. The smallest absolute Gasteiger partial charge is 0.157 e. The molecule has 13 heavy (non-hydrogen) atoms. The van der Waals surface area contributed by atoms with Crippen molar-refractivity contribution in [3.05, 3.63) is 5.21 Å². The molecule has 5 heteroatoms. The number of hydrogen-bond acceptors (Lipinski definition) is 4. The first-order valence-corrected chi connectivity index (χ1v) is 4.83. The van der Waals surface area contributed by atoms with Gasteiger partial charge in [0.15, 0.2) is 5.14 Å². The summed E-state index contributed by atoms with van der Waals surface area (Å²) >= 11 is 0. The number of unbranched alkanes of at least 4 members (excludes halogenated alkanes) is 3. The quantitative estimate of drug-likeness (QED) is 0.204. The maximum Gasteiger partial charge on any atom is 0.157 e. The van der Waals surface area contributed by atoms with Gasteiger partial charge in [-0.2, -0.15) is 0 Å². The molecule has 0 aromatic carbocycles. The van der Waals surface area contributed by atoms with Crippen LogP contribution in [0.5, 0.6) is 0 Å². The first-order chi connectivity index (χ1) is 6.16. The number of hydrogen-bond donors (Lipinski definition) is 0. The van der Waals surface area contributed by atoms with Crippen molar-refractivity contribution in [3.8, 4) is 0 Å². The molecule has 0 spiro atoms. The summed E-state index contributed by atoms with van der Waals surface area (Å²) in [4.78, 5) is 13.0. The summed E-state index contributed by atoms with van der Waals surface area (Å²) in [5.74, 6) is 0. The van der Waals surface area contributed by atoms with Crippen LogP contribution in [0, 0.1) is 5.21 Å². The van der Waals surface area contributed by atoms with Gasteiger partial charge in [-0.05, 0) is 13.3 Å². The van der Waals surface area contributed by atoms with Crippen molar-refractivity contribution in [1.29, 1.82) is 0 Å². The van der Waals surface area contributed by atoms with Gasteiger partial charge in [-0.25, -0.2) is 0 Å². The molecule has 1 rings (SSSR count). The monoisotopic (exact) mass is 191 g/mol. The zero-order chi connectivity index (χ0) is 9.73. The van der Waals surface area contributed by atoms with E-state index in [2.05, 4.69) is 16.9 Å². The van der Waals surface area contributed by atoms with Crippen LogP contribution in [0.3, 0.4) is 0 Å². The van der Waals surface area contributed by atoms with E-state index >= 15 is 0 Å². The second-order valence-electron chi connectivity index (χ2n) is 3.36. The first kappa shape index (κ1) is 10.9. The van der Waals surface area contributed by atoms with Crippen LogP contribution >= 0.6 is 0 Å². The average molecular weight is 191 g/mol. The third-order valence-corrected chi connectivity index (χ3v) is 1.97. The molecular formula is C8H17NO4. The molecule has 0 aromatic rings. The van der Waals surface area contributed by atoms with Crippen LogP contribution in [0.1, 0.15) is 46.0 Å². The molecule has 1 atom stereocenters. The average Bonchev–Trinajstić information content (AvgIpc) is 2.77. The zero-order valence-corrected chi connectivity index (χ0v) is 8.19. The summed E-state index contributed by atoms with van der Waals surface area (Å²) in [6.45, 7) is 4.00. The minimum absolute atomic E-state index is 0.114. The summed E-state index contributed by atoms with van der Waals surface area (Å²) < 4.78 is 0. The molecular weight excluding hydrogens is 174 g/mol. The second kappa shape index (κ2) is 4.88. The van der Waals surface area contributed by atoms with Crippen molar-refractivity contribution < 1.29 is 20.0 Å². The summed E-state index contributed by atoms with van der Waals surface area (Å²) in [5.41, 5.74) is 0. The molecule has 1 saturated heterocycles. The van der Waals surface area contributed by atoms with Gasteiger partial charge in [-0.3, -0.25) is 0 Å². The number of nitrogens with zero attached hydrogens (tertiary/aromatic N) is 1. The normalized spacial score (nSPS) is 21.5. The highest BCUT2D eigenvalue weighted by molar-refractivity contribution is 4.48. The number of quaternary nitrogens is 1. The minimum Gasteiger partial charge on any atom is -0.523 e. The maximum atomic E-state index is 10.8. The van der Waals surface area contributed by atoms with Crippen LogP contribution in [0.2, 0.25) is 0 Å². The summed E-state index contributed by atoms with van der Waals surface area (Å²) in [6, 6.07) is 0. The van der Waals surface area contributed by atoms with Gasteiger partial charge in [0.1, 0.15) is 16.1 Å². The summed E-state index contributed by atoms with van der Waals surface area (Å²) in [5, 5.41) is 9.39. The fourth-order valence-electron chi connectivity index (χ4n) is 1.19. The lowest BCUT2D eigenvalue weighted by atomic mass is 10.1. The van der Waals surface area contributed by atoms with Crippen LogP contribution < -0.4 is 0 Å². The second-order valence-corrected chi connectivity index (χ2v) is 3.36. The van der Waals surface area contributed by atoms with E-state index in [4.69, 9.17) is 4.84 Å². The minimum atomic E-state index is -1.39. The van der Waals surface area contributed by atoms with Crippen molar-refractivity contribution in [2.24, 2.45) is 0 Å². The topological polar surface area (TPSA) is 57.4 Å². The van der Waals surface area contributed by atoms with E-state index in [1.807, 2.05) is 6.92 Å². The van der Waals surface area contributed by atoms with Crippen LogP contribution in [0.25, 0.3) is 0 Å². The molecule has 1 unspecified atom stereocenters. The van der Waals surface area contributed by atoms with Gasteiger partial charge in [-0.15, -0.1) is 4.84 Å². The van der Waals surface area contributed by atoms with Gasteiger partial charge in [-0.1, -0.05) is 32.6 Å². The van der Waals surface area contributed by atoms with Crippen molar-refractivity contribution in [3.63, 3.8) is 0 Å². The summed E-state index contributed by atoms with van der Waals surface area (Å²) in [7, 11) is 0. The molecule has 0 radical (unpaired) electrons. The molecule has 0 aliphatic carbocycles. The van der Waals surface area contributed by atoms with Gasteiger partial charge < -0.3 is 5.21 Å². The van der Waals surface area contributed by atoms with Crippen LogP contribution in [-0.4, -0.2) is 11.2 Å². The first-order valence-electron chi connectivity index (χ1n) is 4.83. The Hall–Kier alpha value is -0.200. The lowest BCUT2D eigenvalue weighted by molar-refractivity contribution is -1.11. The molecule has 0 N–H and O–H groups in total. The molecule has 78 valence electrons. The van der Waals surface area contributed by atoms with Gasteiger partial charge in [0.2, 0.25) is 0 Å². The Balaban J connectivity index is 1.94. The van der Waals surface area contributed by atoms with Crippen LogP contribution in [0.4, 0.5) is 0 Å². The Morgan fingerprint density at radius 2 is 2.00 bits per heavy atom. The maximum absolute atomic E-state index is 10.8. The van der Waals surface area contributed by atoms with E-state index in [-0.39, 0.29) is 6.10 Å². The van der Waals surface area contributed by atoms with E-state index in [9.17, 15) is 5.21 Å². The van der Waals surface area contributed by atoms with Crippen molar-refractivity contribution >= 4 is 0 Å². The molecule has 1 fully saturated rings. The Kier molecular flexibility index (Phi) is 4.08. The molecule has 0 amide bonds. The molecule has 1 aliphatic rings. The van der Waals surface area contributed by atoms with Crippen molar-refractivity contribution in [2.75, 3.05) is 0 Å². The molecule has 0 bridgehead atoms. The lowest BCUT2D eigenvalue weighted by Gasteiger charge is -2.11. The largest absolute Gasteiger partial charge is 0.523 e. The van der Waals surface area contributed by atoms with E-state index < -0.39 is 5.14 Å². The predicted molar refractivity (Wildman–Crippen MR) is 45.1 cm³/mol. The van der Waals surface area contributed by atoms with E-state index in [0.29, 0.717) is 0 Å². The van der Waals surface area contributed by atoms with Crippen molar-refractivity contribution in [1.82, 2.24) is 0 Å². The fourth-order valence-corrected chi connectivity index (χ4v) is 1.19. The molecule has 5 nitrogen and oxygen atoms in total. The van der Waals surface area contributed by atoms with Crippen LogP contribution in [0.15, 0.2) is 0 Å². The number of rotatable bonds is 7. The van der Waals surface area contributed by atoms with E-state index in [1.165, 1.54) is 19.3 Å². The highest BCUT2D eigenvalue weighted by atomic mass is 17.8. The van der Waals surface area contributed by atoms with Crippen LogP contribution in [-0.2, 0) is 14.8 Å². The standard InChI is InChI=1S/C8H17NO4/c1-3-4-5-6-7-8(2)11-9(10)12-13-9/h8H,3-7H2,1-2H3. The van der Waals surface area contributed by atoms with Crippen molar-refractivity contribution in [2.45, 2.75) is 52.1 Å².